The number of amides is 1. The SMILES string of the molecule is O=C1NCCc2c1[nH]c1ccc(C#Cc3ccccc3)cc21. The van der Waals surface area contributed by atoms with Crippen LogP contribution in [0.15, 0.2) is 48.5 Å². The third-order valence-corrected chi connectivity index (χ3v) is 3.92. The maximum Gasteiger partial charge on any atom is 0.268 e. The highest BCUT2D eigenvalue weighted by molar-refractivity contribution is 6.02. The minimum absolute atomic E-state index is 0.0191. The van der Waals surface area contributed by atoms with Gasteiger partial charge in [0.15, 0.2) is 0 Å². The first kappa shape index (κ1) is 12.7. The van der Waals surface area contributed by atoms with Crippen molar-refractivity contribution in [1.29, 1.82) is 0 Å². The third kappa shape index (κ3) is 2.15. The number of carbonyl (C=O) groups is 1. The number of rotatable bonds is 0. The summed E-state index contributed by atoms with van der Waals surface area (Å²) < 4.78 is 0. The summed E-state index contributed by atoms with van der Waals surface area (Å²) in [5, 5.41) is 3.96. The van der Waals surface area contributed by atoms with Crippen molar-refractivity contribution >= 4 is 16.8 Å². The summed E-state index contributed by atoms with van der Waals surface area (Å²) in [6.45, 7) is 0.693. The minimum Gasteiger partial charge on any atom is -0.350 e. The summed E-state index contributed by atoms with van der Waals surface area (Å²) >= 11 is 0. The van der Waals surface area contributed by atoms with E-state index in [1.54, 1.807) is 0 Å². The summed E-state index contributed by atoms with van der Waals surface area (Å²) in [4.78, 5) is 15.1. The van der Waals surface area contributed by atoms with Gasteiger partial charge in [0.05, 0.1) is 0 Å². The number of H-pyrrole nitrogens is 1. The van der Waals surface area contributed by atoms with Crippen LogP contribution in [0.4, 0.5) is 0 Å². The van der Waals surface area contributed by atoms with E-state index in [9.17, 15) is 4.79 Å². The molecule has 2 heterocycles. The van der Waals surface area contributed by atoms with Gasteiger partial charge in [0.1, 0.15) is 5.69 Å². The highest BCUT2D eigenvalue weighted by Gasteiger charge is 2.21. The lowest BCUT2D eigenvalue weighted by Gasteiger charge is -2.11. The zero-order valence-electron chi connectivity index (χ0n) is 11.9. The number of nitrogens with one attached hydrogen (secondary N) is 2. The van der Waals surface area contributed by atoms with Gasteiger partial charge in [-0.15, -0.1) is 0 Å². The molecule has 3 aromatic rings. The summed E-state index contributed by atoms with van der Waals surface area (Å²) in [5.74, 6) is 6.34. The molecule has 4 rings (SSSR count). The smallest absolute Gasteiger partial charge is 0.268 e. The molecule has 1 aliphatic heterocycles. The van der Waals surface area contributed by atoms with Crippen molar-refractivity contribution < 1.29 is 4.79 Å². The van der Waals surface area contributed by atoms with Gasteiger partial charge in [-0.3, -0.25) is 4.79 Å². The van der Waals surface area contributed by atoms with Crippen LogP contribution in [0.2, 0.25) is 0 Å². The van der Waals surface area contributed by atoms with Crippen LogP contribution in [0.1, 0.15) is 27.2 Å². The second-order valence-corrected chi connectivity index (χ2v) is 5.36. The van der Waals surface area contributed by atoms with E-state index in [4.69, 9.17) is 0 Å². The average Bonchev–Trinajstić information content (AvgIpc) is 2.94. The molecule has 1 aromatic heterocycles. The van der Waals surface area contributed by atoms with Gasteiger partial charge in [-0.1, -0.05) is 30.0 Å². The first-order chi connectivity index (χ1) is 10.8. The van der Waals surface area contributed by atoms with E-state index in [-0.39, 0.29) is 5.91 Å². The Balaban J connectivity index is 1.78. The standard InChI is InChI=1S/C19H14N2O/c22-19-18-15(10-11-20-19)16-12-14(8-9-17(16)21-18)7-6-13-4-2-1-3-5-13/h1-5,8-9,12,21H,10-11H2,(H,20,22). The van der Waals surface area contributed by atoms with Crippen molar-refractivity contribution in [3.8, 4) is 11.8 Å². The Morgan fingerprint density at radius 2 is 1.77 bits per heavy atom. The van der Waals surface area contributed by atoms with Crippen LogP contribution in [-0.4, -0.2) is 17.4 Å². The van der Waals surface area contributed by atoms with Gasteiger partial charge in [0.2, 0.25) is 0 Å². The number of aromatic amines is 1. The molecule has 2 N–H and O–H groups in total. The van der Waals surface area contributed by atoms with Gasteiger partial charge >= 0.3 is 0 Å². The molecule has 1 amide bonds. The summed E-state index contributed by atoms with van der Waals surface area (Å²) in [6.07, 6.45) is 0.858. The third-order valence-electron chi connectivity index (χ3n) is 3.92. The predicted molar refractivity (Wildman–Crippen MR) is 86.8 cm³/mol. The van der Waals surface area contributed by atoms with Crippen LogP contribution in [0.25, 0.3) is 10.9 Å². The first-order valence-corrected chi connectivity index (χ1v) is 7.31. The predicted octanol–water partition coefficient (Wildman–Crippen LogP) is 2.85. The monoisotopic (exact) mass is 286 g/mol. The highest BCUT2D eigenvalue weighted by Crippen LogP contribution is 2.25. The van der Waals surface area contributed by atoms with E-state index in [1.807, 2.05) is 42.5 Å². The molecule has 0 aliphatic carbocycles. The molecule has 0 atom stereocenters. The van der Waals surface area contributed by atoms with Crippen molar-refractivity contribution in [2.75, 3.05) is 6.54 Å². The van der Waals surface area contributed by atoms with Crippen LogP contribution in [0, 0.1) is 11.8 Å². The van der Waals surface area contributed by atoms with Gasteiger partial charge in [-0.05, 0) is 42.3 Å². The van der Waals surface area contributed by atoms with Crippen LogP contribution >= 0.6 is 0 Å². The minimum atomic E-state index is -0.0191. The topological polar surface area (TPSA) is 44.9 Å². The molecule has 0 unspecified atom stereocenters. The zero-order chi connectivity index (χ0) is 14.9. The molecule has 0 bridgehead atoms. The second kappa shape index (κ2) is 5.09. The molecule has 3 nitrogen and oxygen atoms in total. The number of carbonyl (C=O) groups excluding carboxylic acids is 1. The number of hydrogen-bond acceptors (Lipinski definition) is 1. The fraction of sp³-hybridized carbons (Fsp3) is 0.105. The van der Waals surface area contributed by atoms with E-state index >= 15 is 0 Å². The Kier molecular flexibility index (Phi) is 2.94. The normalized spacial score (nSPS) is 13.2. The highest BCUT2D eigenvalue weighted by atomic mass is 16.1. The van der Waals surface area contributed by atoms with Gasteiger partial charge in [-0.2, -0.15) is 0 Å². The van der Waals surface area contributed by atoms with E-state index < -0.39 is 0 Å². The molecular weight excluding hydrogens is 272 g/mol. The molecule has 2 aromatic carbocycles. The van der Waals surface area contributed by atoms with E-state index in [1.165, 1.54) is 0 Å². The molecule has 0 fully saturated rings. The summed E-state index contributed by atoms with van der Waals surface area (Å²) in [7, 11) is 0. The quantitative estimate of drug-likeness (QED) is 0.613. The maximum absolute atomic E-state index is 11.9. The summed E-state index contributed by atoms with van der Waals surface area (Å²) in [6, 6.07) is 16.0. The molecule has 0 saturated carbocycles. The van der Waals surface area contributed by atoms with Crippen molar-refractivity contribution in [3.63, 3.8) is 0 Å². The van der Waals surface area contributed by atoms with E-state index in [0.29, 0.717) is 12.2 Å². The Labute approximate surface area is 128 Å². The molecule has 0 radical (unpaired) electrons. The van der Waals surface area contributed by atoms with Crippen molar-refractivity contribution in [3.05, 3.63) is 70.9 Å². The van der Waals surface area contributed by atoms with Crippen LogP contribution in [0.3, 0.4) is 0 Å². The van der Waals surface area contributed by atoms with Gasteiger partial charge in [-0.25, -0.2) is 0 Å². The van der Waals surface area contributed by atoms with Gasteiger partial charge in [0.25, 0.3) is 5.91 Å². The fourth-order valence-corrected chi connectivity index (χ4v) is 2.83. The largest absolute Gasteiger partial charge is 0.350 e. The van der Waals surface area contributed by atoms with Crippen LogP contribution in [0.5, 0.6) is 0 Å². The lowest BCUT2D eigenvalue weighted by molar-refractivity contribution is 0.0942. The van der Waals surface area contributed by atoms with Crippen LogP contribution < -0.4 is 5.32 Å². The molecule has 1 aliphatic rings. The lowest BCUT2D eigenvalue weighted by atomic mass is 10.0. The summed E-state index contributed by atoms with van der Waals surface area (Å²) in [5.41, 5.74) is 4.74. The molecule has 106 valence electrons. The molecule has 3 heteroatoms. The molecule has 22 heavy (non-hydrogen) atoms. The van der Waals surface area contributed by atoms with E-state index in [2.05, 4.69) is 28.2 Å². The van der Waals surface area contributed by atoms with Crippen molar-refractivity contribution in [1.82, 2.24) is 10.3 Å². The van der Waals surface area contributed by atoms with Gasteiger partial charge < -0.3 is 10.3 Å². The Bertz CT molecular complexity index is 926. The Morgan fingerprint density at radius 1 is 0.955 bits per heavy atom. The molecular formula is C19H14N2O. The Hall–Kier alpha value is -2.99. The van der Waals surface area contributed by atoms with Crippen molar-refractivity contribution in [2.24, 2.45) is 0 Å². The van der Waals surface area contributed by atoms with Gasteiger partial charge in [0, 0.05) is 28.6 Å². The molecule has 0 saturated heterocycles. The average molecular weight is 286 g/mol. The number of aromatic nitrogens is 1. The maximum atomic E-state index is 11.9. The van der Waals surface area contributed by atoms with Crippen molar-refractivity contribution in [2.45, 2.75) is 6.42 Å². The first-order valence-electron chi connectivity index (χ1n) is 7.31. The number of fused-ring (bicyclic) bond motifs is 3. The zero-order valence-corrected chi connectivity index (χ0v) is 11.9. The lowest BCUT2D eigenvalue weighted by Crippen LogP contribution is -2.31. The number of benzene rings is 2. The number of hydrogen-bond donors (Lipinski definition) is 2. The van der Waals surface area contributed by atoms with E-state index in [0.717, 1.165) is 34.0 Å². The van der Waals surface area contributed by atoms with Crippen LogP contribution in [-0.2, 0) is 6.42 Å². The Morgan fingerprint density at radius 3 is 2.64 bits per heavy atom. The molecule has 0 spiro atoms. The fourth-order valence-electron chi connectivity index (χ4n) is 2.83. The second-order valence-electron chi connectivity index (χ2n) is 5.36.